The monoisotopic (exact) mass is 314 g/mol. The lowest BCUT2D eigenvalue weighted by molar-refractivity contribution is -0.116. The molecule has 122 valence electrons. The van der Waals surface area contributed by atoms with Gasteiger partial charge in [-0.3, -0.25) is 9.89 Å². The fourth-order valence-electron chi connectivity index (χ4n) is 2.66. The molecule has 0 saturated heterocycles. The fourth-order valence-corrected chi connectivity index (χ4v) is 2.66. The molecular formula is C17H22N4O2. The fraction of sp³-hybridized carbons (Fsp3) is 0.412. The molecule has 1 aliphatic heterocycles. The van der Waals surface area contributed by atoms with Crippen molar-refractivity contribution < 1.29 is 9.53 Å². The number of hydrogen-bond donors (Lipinski definition) is 3. The quantitative estimate of drug-likeness (QED) is 0.714. The Morgan fingerprint density at radius 1 is 1.39 bits per heavy atom. The Hall–Kier alpha value is -2.34. The molecule has 0 saturated carbocycles. The van der Waals surface area contributed by atoms with Gasteiger partial charge in [-0.25, -0.2) is 0 Å². The van der Waals surface area contributed by atoms with Crippen molar-refractivity contribution in [2.24, 2.45) is 0 Å². The molecule has 3 rings (SSSR count). The number of carbonyl (C=O) groups is 1. The molecule has 0 unspecified atom stereocenters. The van der Waals surface area contributed by atoms with E-state index in [1.54, 1.807) is 0 Å². The zero-order valence-corrected chi connectivity index (χ0v) is 13.3. The second-order valence-electron chi connectivity index (χ2n) is 5.72. The van der Waals surface area contributed by atoms with E-state index in [9.17, 15) is 4.79 Å². The number of anilines is 1. The highest BCUT2D eigenvalue weighted by atomic mass is 16.5. The highest BCUT2D eigenvalue weighted by Gasteiger charge is 2.17. The lowest BCUT2D eigenvalue weighted by atomic mass is 10.1. The smallest absolute Gasteiger partial charge is 0.225 e. The highest BCUT2D eigenvalue weighted by Crippen LogP contribution is 2.20. The largest absolute Gasteiger partial charge is 0.493 e. The van der Waals surface area contributed by atoms with Crippen LogP contribution in [0.2, 0.25) is 0 Å². The minimum atomic E-state index is -0.0294. The molecule has 1 aliphatic rings. The number of nitrogens with one attached hydrogen (secondary N) is 3. The first-order valence-corrected chi connectivity index (χ1v) is 7.99. The van der Waals surface area contributed by atoms with E-state index in [1.165, 1.54) is 0 Å². The third-order valence-corrected chi connectivity index (χ3v) is 3.96. The Labute approximate surface area is 135 Å². The van der Waals surface area contributed by atoms with Crippen LogP contribution in [0.3, 0.4) is 0 Å². The van der Waals surface area contributed by atoms with Crippen LogP contribution in [0.15, 0.2) is 24.3 Å². The van der Waals surface area contributed by atoms with Gasteiger partial charge in [-0.1, -0.05) is 18.2 Å². The standard InChI is InChI=1S/C17H22N4O2/c1-12-5-2-3-6-15(12)23-10-4-7-16(22)19-17-13-11-18-9-8-14(13)20-21-17/h2-3,5-6,18H,4,7-11H2,1H3,(H2,19,20,21,22). The van der Waals surface area contributed by atoms with Crippen LogP contribution in [0.1, 0.15) is 29.7 Å². The normalized spacial score (nSPS) is 13.4. The van der Waals surface area contributed by atoms with Crippen LogP contribution in [-0.4, -0.2) is 29.3 Å². The molecule has 0 spiro atoms. The predicted molar refractivity (Wildman–Crippen MR) is 88.5 cm³/mol. The number of nitrogens with zero attached hydrogens (tertiary/aromatic N) is 1. The van der Waals surface area contributed by atoms with E-state index in [1.807, 2.05) is 31.2 Å². The molecule has 1 aromatic carbocycles. The number of benzene rings is 1. The van der Waals surface area contributed by atoms with E-state index < -0.39 is 0 Å². The topological polar surface area (TPSA) is 79.0 Å². The summed E-state index contributed by atoms with van der Waals surface area (Å²) in [4.78, 5) is 12.0. The van der Waals surface area contributed by atoms with Crippen LogP contribution in [0.4, 0.5) is 5.82 Å². The van der Waals surface area contributed by atoms with Gasteiger partial charge in [-0.05, 0) is 25.0 Å². The van der Waals surface area contributed by atoms with E-state index in [2.05, 4.69) is 20.8 Å². The molecule has 0 bridgehead atoms. The first-order chi connectivity index (χ1) is 11.2. The number of aromatic amines is 1. The molecule has 6 nitrogen and oxygen atoms in total. The van der Waals surface area contributed by atoms with Crippen molar-refractivity contribution in [3.05, 3.63) is 41.1 Å². The maximum atomic E-state index is 12.0. The van der Waals surface area contributed by atoms with Gasteiger partial charge in [0.1, 0.15) is 5.75 Å². The van der Waals surface area contributed by atoms with Crippen LogP contribution in [0.5, 0.6) is 5.75 Å². The molecule has 6 heteroatoms. The second-order valence-corrected chi connectivity index (χ2v) is 5.72. The molecule has 3 N–H and O–H groups in total. The molecule has 0 fully saturated rings. The van der Waals surface area contributed by atoms with Crippen molar-refractivity contribution >= 4 is 11.7 Å². The van der Waals surface area contributed by atoms with Crippen molar-refractivity contribution in [3.8, 4) is 5.75 Å². The zero-order chi connectivity index (χ0) is 16.1. The number of para-hydroxylation sites is 1. The maximum absolute atomic E-state index is 12.0. The lowest BCUT2D eigenvalue weighted by Gasteiger charge is -2.13. The zero-order valence-electron chi connectivity index (χ0n) is 13.3. The summed E-state index contributed by atoms with van der Waals surface area (Å²) in [5, 5.41) is 13.4. The molecular weight excluding hydrogens is 292 g/mol. The Bertz CT molecular complexity index is 681. The van der Waals surface area contributed by atoms with Crippen LogP contribution in [0.25, 0.3) is 0 Å². The summed E-state index contributed by atoms with van der Waals surface area (Å²) in [5.74, 6) is 1.50. The Morgan fingerprint density at radius 2 is 2.26 bits per heavy atom. The Balaban J connectivity index is 1.43. The summed E-state index contributed by atoms with van der Waals surface area (Å²) < 4.78 is 5.70. The summed E-state index contributed by atoms with van der Waals surface area (Å²) in [7, 11) is 0. The number of aryl methyl sites for hydroxylation is 1. The van der Waals surface area contributed by atoms with Gasteiger partial charge in [-0.15, -0.1) is 0 Å². The minimum absolute atomic E-state index is 0.0294. The van der Waals surface area contributed by atoms with Gasteiger partial charge in [0.25, 0.3) is 0 Å². The van der Waals surface area contributed by atoms with Gasteiger partial charge in [-0.2, -0.15) is 5.10 Å². The maximum Gasteiger partial charge on any atom is 0.225 e. The Morgan fingerprint density at radius 3 is 3.13 bits per heavy atom. The average molecular weight is 314 g/mol. The van der Waals surface area contributed by atoms with E-state index >= 15 is 0 Å². The highest BCUT2D eigenvalue weighted by molar-refractivity contribution is 5.90. The Kier molecular flexibility index (Phi) is 4.92. The summed E-state index contributed by atoms with van der Waals surface area (Å²) >= 11 is 0. The molecule has 1 amide bonds. The van der Waals surface area contributed by atoms with E-state index in [4.69, 9.17) is 4.74 Å². The number of carbonyl (C=O) groups excluding carboxylic acids is 1. The van der Waals surface area contributed by atoms with Gasteiger partial charge >= 0.3 is 0 Å². The number of fused-ring (bicyclic) bond motifs is 1. The van der Waals surface area contributed by atoms with Gasteiger partial charge in [0.15, 0.2) is 5.82 Å². The van der Waals surface area contributed by atoms with Crippen LogP contribution in [-0.2, 0) is 17.8 Å². The average Bonchev–Trinajstić information content (AvgIpc) is 2.96. The van der Waals surface area contributed by atoms with Gasteiger partial charge in [0, 0.05) is 37.2 Å². The summed E-state index contributed by atoms with van der Waals surface area (Å²) in [6.07, 6.45) is 2.01. The van der Waals surface area contributed by atoms with Gasteiger partial charge < -0.3 is 15.4 Å². The first kappa shape index (κ1) is 15.6. The molecule has 1 aromatic heterocycles. The summed E-state index contributed by atoms with van der Waals surface area (Å²) in [5.41, 5.74) is 3.29. The van der Waals surface area contributed by atoms with Gasteiger partial charge in [0.2, 0.25) is 5.91 Å². The molecule has 23 heavy (non-hydrogen) atoms. The number of hydrogen-bond acceptors (Lipinski definition) is 4. The van der Waals surface area contributed by atoms with Crippen molar-refractivity contribution in [1.82, 2.24) is 15.5 Å². The number of ether oxygens (including phenoxy) is 1. The van der Waals surface area contributed by atoms with Crippen molar-refractivity contribution in [3.63, 3.8) is 0 Å². The van der Waals surface area contributed by atoms with Crippen LogP contribution < -0.4 is 15.4 Å². The lowest BCUT2D eigenvalue weighted by Crippen LogP contribution is -2.24. The van der Waals surface area contributed by atoms with Crippen molar-refractivity contribution in [2.75, 3.05) is 18.5 Å². The second kappa shape index (κ2) is 7.28. The number of amides is 1. The molecule has 0 aliphatic carbocycles. The molecule has 2 aromatic rings. The summed E-state index contributed by atoms with van der Waals surface area (Å²) in [6.45, 7) is 4.23. The first-order valence-electron chi connectivity index (χ1n) is 7.99. The van der Waals surface area contributed by atoms with E-state index in [0.717, 1.165) is 42.1 Å². The number of rotatable bonds is 6. The molecule has 0 atom stereocenters. The minimum Gasteiger partial charge on any atom is -0.493 e. The van der Waals surface area contributed by atoms with Crippen LogP contribution >= 0.6 is 0 Å². The number of aromatic nitrogens is 2. The third-order valence-electron chi connectivity index (χ3n) is 3.96. The van der Waals surface area contributed by atoms with E-state index in [-0.39, 0.29) is 5.91 Å². The third kappa shape index (κ3) is 3.90. The number of H-pyrrole nitrogens is 1. The van der Waals surface area contributed by atoms with E-state index in [0.29, 0.717) is 25.3 Å². The van der Waals surface area contributed by atoms with Crippen molar-refractivity contribution in [1.29, 1.82) is 0 Å². The molecule has 0 radical (unpaired) electrons. The molecule has 2 heterocycles. The summed E-state index contributed by atoms with van der Waals surface area (Å²) in [6, 6.07) is 7.88. The van der Waals surface area contributed by atoms with Crippen LogP contribution in [0, 0.1) is 6.92 Å². The predicted octanol–water partition coefficient (Wildman–Crippen LogP) is 2.16. The van der Waals surface area contributed by atoms with Gasteiger partial charge in [0.05, 0.1) is 6.61 Å². The SMILES string of the molecule is Cc1ccccc1OCCCC(=O)Nc1n[nH]c2c1CNCC2. The van der Waals surface area contributed by atoms with Crippen molar-refractivity contribution in [2.45, 2.75) is 32.7 Å².